The lowest BCUT2D eigenvalue weighted by Gasteiger charge is -2.10. The molecule has 8 heteroatoms. The first-order valence-electron chi connectivity index (χ1n) is 9.14. The van der Waals surface area contributed by atoms with Gasteiger partial charge in [-0.05, 0) is 55.3 Å². The molecule has 0 spiro atoms. The minimum atomic E-state index is -0.348. The zero-order valence-electron chi connectivity index (χ0n) is 16.2. The number of amides is 1. The first-order chi connectivity index (χ1) is 14.3. The average molecular weight is 442 g/mol. The Labute approximate surface area is 180 Å². The number of hydrogen-bond donors (Lipinski definition) is 1. The maximum absolute atomic E-state index is 13.3. The molecule has 1 N–H and O–H groups in total. The molecular weight excluding hydrogens is 425 g/mol. The Morgan fingerprint density at radius 2 is 1.93 bits per heavy atom. The fourth-order valence-electron chi connectivity index (χ4n) is 3.33. The summed E-state index contributed by atoms with van der Waals surface area (Å²) < 4.78 is 14.6. The van der Waals surface area contributed by atoms with E-state index in [2.05, 4.69) is 10.3 Å². The Bertz CT molecular complexity index is 1330. The highest BCUT2D eigenvalue weighted by molar-refractivity contribution is 7.19. The lowest BCUT2D eigenvalue weighted by Crippen LogP contribution is -2.28. The predicted octanol–water partition coefficient (Wildman–Crippen LogP) is 5.17. The molecule has 0 fully saturated rings. The summed E-state index contributed by atoms with van der Waals surface area (Å²) in [4.78, 5) is 31.5. The monoisotopic (exact) mass is 441 g/mol. The summed E-state index contributed by atoms with van der Waals surface area (Å²) in [5.74, 6) is -0.695. The molecule has 1 amide bonds. The van der Waals surface area contributed by atoms with E-state index < -0.39 is 0 Å². The highest BCUT2D eigenvalue weighted by atomic mass is 35.5. The second kappa shape index (κ2) is 8.01. The zero-order valence-corrected chi connectivity index (χ0v) is 17.8. The van der Waals surface area contributed by atoms with Crippen molar-refractivity contribution in [1.82, 2.24) is 9.55 Å². The van der Waals surface area contributed by atoms with Crippen LogP contribution in [0.4, 0.5) is 10.1 Å². The number of fused-ring (bicyclic) bond motifs is 1. The van der Waals surface area contributed by atoms with Crippen molar-refractivity contribution in [1.29, 1.82) is 0 Å². The van der Waals surface area contributed by atoms with E-state index in [1.165, 1.54) is 34.4 Å². The molecule has 2 heterocycles. The van der Waals surface area contributed by atoms with Gasteiger partial charge < -0.3 is 5.32 Å². The number of halogens is 2. The standard InChI is InChI=1S/C22H17ClFN3O2S/c1-12-9-15(23)5-8-17(12)26-18(28)10-27-11-25-21-20(22(27)29)19(13(2)30-21)14-3-6-16(24)7-4-14/h3-9,11H,10H2,1-2H3,(H,26,28). The van der Waals surface area contributed by atoms with Gasteiger partial charge in [-0.25, -0.2) is 9.37 Å². The highest BCUT2D eigenvalue weighted by Gasteiger charge is 2.18. The van der Waals surface area contributed by atoms with Crippen LogP contribution < -0.4 is 10.9 Å². The van der Waals surface area contributed by atoms with Crippen molar-refractivity contribution in [2.75, 3.05) is 5.32 Å². The number of carbonyl (C=O) groups excluding carboxylic acids is 1. The molecule has 152 valence electrons. The summed E-state index contributed by atoms with van der Waals surface area (Å²) in [6.07, 6.45) is 1.38. The van der Waals surface area contributed by atoms with E-state index in [9.17, 15) is 14.0 Å². The van der Waals surface area contributed by atoms with Crippen LogP contribution in [0.2, 0.25) is 5.02 Å². The predicted molar refractivity (Wildman–Crippen MR) is 119 cm³/mol. The Balaban J connectivity index is 1.69. The second-order valence-corrected chi connectivity index (χ2v) is 8.54. The Kier molecular flexibility index (Phi) is 5.40. The van der Waals surface area contributed by atoms with Crippen LogP contribution in [-0.4, -0.2) is 15.5 Å². The summed E-state index contributed by atoms with van der Waals surface area (Å²) in [5.41, 5.74) is 2.59. The number of rotatable bonds is 4. The second-order valence-electron chi connectivity index (χ2n) is 6.91. The summed E-state index contributed by atoms with van der Waals surface area (Å²) in [7, 11) is 0. The lowest BCUT2D eigenvalue weighted by molar-refractivity contribution is -0.116. The quantitative estimate of drug-likeness (QED) is 0.475. The van der Waals surface area contributed by atoms with Gasteiger partial charge in [0.15, 0.2) is 0 Å². The number of nitrogens with one attached hydrogen (secondary N) is 1. The number of nitrogens with zero attached hydrogens (tertiary/aromatic N) is 2. The molecule has 0 bridgehead atoms. The van der Waals surface area contributed by atoms with Crippen molar-refractivity contribution >= 4 is 44.7 Å². The molecule has 0 saturated carbocycles. The molecular formula is C22H17ClFN3O2S. The van der Waals surface area contributed by atoms with E-state index in [0.717, 1.165) is 21.6 Å². The third-order valence-corrected chi connectivity index (χ3v) is 6.01. The molecule has 0 radical (unpaired) electrons. The van der Waals surface area contributed by atoms with Crippen LogP contribution in [0, 0.1) is 19.7 Å². The third kappa shape index (κ3) is 3.86. The molecule has 0 aliphatic rings. The molecule has 30 heavy (non-hydrogen) atoms. The number of carbonyl (C=O) groups is 1. The van der Waals surface area contributed by atoms with E-state index in [-0.39, 0.29) is 23.8 Å². The van der Waals surface area contributed by atoms with Crippen LogP contribution in [0.3, 0.4) is 0 Å². The molecule has 0 saturated heterocycles. The Morgan fingerprint density at radius 1 is 1.20 bits per heavy atom. The summed E-state index contributed by atoms with van der Waals surface area (Å²) in [5, 5.41) is 3.81. The molecule has 0 aliphatic heterocycles. The van der Waals surface area contributed by atoms with E-state index in [1.807, 2.05) is 13.8 Å². The normalized spacial score (nSPS) is 11.1. The fourth-order valence-corrected chi connectivity index (χ4v) is 4.56. The maximum atomic E-state index is 13.3. The lowest BCUT2D eigenvalue weighted by atomic mass is 10.0. The molecule has 2 aromatic heterocycles. The smallest absolute Gasteiger partial charge is 0.263 e. The summed E-state index contributed by atoms with van der Waals surface area (Å²) >= 11 is 7.34. The van der Waals surface area contributed by atoms with Crippen LogP contribution >= 0.6 is 22.9 Å². The maximum Gasteiger partial charge on any atom is 0.263 e. The van der Waals surface area contributed by atoms with Gasteiger partial charge in [-0.1, -0.05) is 23.7 Å². The average Bonchev–Trinajstić information content (AvgIpc) is 3.04. The van der Waals surface area contributed by atoms with Crippen LogP contribution in [0.25, 0.3) is 21.3 Å². The van der Waals surface area contributed by atoms with Crippen molar-refractivity contribution < 1.29 is 9.18 Å². The van der Waals surface area contributed by atoms with Crippen LogP contribution in [-0.2, 0) is 11.3 Å². The van der Waals surface area contributed by atoms with E-state index in [0.29, 0.717) is 20.9 Å². The number of aromatic nitrogens is 2. The molecule has 2 aromatic carbocycles. The van der Waals surface area contributed by atoms with Gasteiger partial charge in [-0.3, -0.25) is 14.2 Å². The molecule has 4 rings (SSSR count). The van der Waals surface area contributed by atoms with Gasteiger partial charge in [0.25, 0.3) is 5.56 Å². The number of aryl methyl sites for hydroxylation is 2. The van der Waals surface area contributed by atoms with Crippen molar-refractivity contribution in [3.8, 4) is 11.1 Å². The minimum Gasteiger partial charge on any atom is -0.324 e. The molecule has 0 atom stereocenters. The summed E-state index contributed by atoms with van der Waals surface area (Å²) in [6, 6.07) is 11.1. The number of anilines is 1. The van der Waals surface area contributed by atoms with Crippen LogP contribution in [0.5, 0.6) is 0 Å². The van der Waals surface area contributed by atoms with Crippen LogP contribution in [0.15, 0.2) is 53.6 Å². The summed E-state index contributed by atoms with van der Waals surface area (Å²) in [6.45, 7) is 3.55. The zero-order chi connectivity index (χ0) is 21.4. The van der Waals surface area contributed by atoms with Crippen molar-refractivity contribution in [3.63, 3.8) is 0 Å². The minimum absolute atomic E-state index is 0.179. The molecule has 5 nitrogen and oxygen atoms in total. The fraction of sp³-hybridized carbons (Fsp3) is 0.136. The molecule has 4 aromatic rings. The third-order valence-electron chi connectivity index (χ3n) is 4.76. The van der Waals surface area contributed by atoms with Gasteiger partial charge in [-0.15, -0.1) is 11.3 Å². The Morgan fingerprint density at radius 3 is 2.63 bits per heavy atom. The van der Waals surface area contributed by atoms with E-state index >= 15 is 0 Å². The first-order valence-corrected chi connectivity index (χ1v) is 10.3. The molecule has 0 unspecified atom stereocenters. The Hall–Kier alpha value is -3.03. The van der Waals surface area contributed by atoms with Crippen molar-refractivity contribution in [2.45, 2.75) is 20.4 Å². The van der Waals surface area contributed by atoms with Crippen molar-refractivity contribution in [3.05, 3.63) is 80.4 Å². The first kappa shape index (κ1) is 20.3. The van der Waals surface area contributed by atoms with Gasteiger partial charge >= 0.3 is 0 Å². The van der Waals surface area contributed by atoms with E-state index in [1.54, 1.807) is 30.3 Å². The van der Waals surface area contributed by atoms with Gasteiger partial charge in [-0.2, -0.15) is 0 Å². The van der Waals surface area contributed by atoms with E-state index in [4.69, 9.17) is 11.6 Å². The van der Waals surface area contributed by atoms with Gasteiger partial charge in [0.1, 0.15) is 17.2 Å². The van der Waals surface area contributed by atoms with Gasteiger partial charge in [0.05, 0.1) is 11.7 Å². The number of thiophene rings is 1. The van der Waals surface area contributed by atoms with Crippen molar-refractivity contribution in [2.24, 2.45) is 0 Å². The van der Waals surface area contributed by atoms with Crippen LogP contribution in [0.1, 0.15) is 10.4 Å². The molecule has 0 aliphatic carbocycles. The SMILES string of the molecule is Cc1cc(Cl)ccc1NC(=O)Cn1cnc2sc(C)c(-c3ccc(F)cc3)c2c1=O. The topological polar surface area (TPSA) is 64.0 Å². The number of hydrogen-bond acceptors (Lipinski definition) is 4. The number of benzene rings is 2. The van der Waals surface area contributed by atoms with Gasteiger partial charge in [0, 0.05) is 21.2 Å². The largest absolute Gasteiger partial charge is 0.324 e. The highest BCUT2D eigenvalue weighted by Crippen LogP contribution is 2.35. The van der Waals surface area contributed by atoms with Gasteiger partial charge in [0.2, 0.25) is 5.91 Å².